The van der Waals surface area contributed by atoms with E-state index in [4.69, 9.17) is 13.9 Å². The van der Waals surface area contributed by atoms with Gasteiger partial charge in [0.25, 0.3) is 5.91 Å². The Morgan fingerprint density at radius 1 is 1.26 bits per heavy atom. The normalized spacial score (nSPS) is 22.5. The summed E-state index contributed by atoms with van der Waals surface area (Å²) in [7, 11) is 0. The third-order valence-electron chi connectivity index (χ3n) is 5.88. The van der Waals surface area contributed by atoms with Gasteiger partial charge < -0.3 is 18.8 Å². The van der Waals surface area contributed by atoms with Crippen molar-refractivity contribution >= 4 is 11.9 Å². The minimum atomic E-state index is -0.545. The number of piperidine rings is 1. The van der Waals surface area contributed by atoms with E-state index in [2.05, 4.69) is 0 Å². The topological polar surface area (TPSA) is 69.0 Å². The lowest BCUT2D eigenvalue weighted by Crippen LogP contribution is -2.49. The Bertz CT molecular complexity index is 666. The number of nitrogens with zero attached hydrogens (tertiary/aromatic N) is 1. The first kappa shape index (κ1) is 19.9. The van der Waals surface area contributed by atoms with Crippen LogP contribution in [0.25, 0.3) is 0 Å². The first-order chi connectivity index (χ1) is 12.9. The fourth-order valence-electron chi connectivity index (χ4n) is 4.33. The van der Waals surface area contributed by atoms with Crippen molar-refractivity contribution in [1.29, 1.82) is 0 Å². The Labute approximate surface area is 161 Å². The SMILES string of the molecule is CCOC(=O)C1(C[C@H]2CCCCO2)CCN(C(=O)c2cc(C)oc2C)CC1. The van der Waals surface area contributed by atoms with Crippen LogP contribution < -0.4 is 0 Å². The Kier molecular flexibility index (Phi) is 6.25. The van der Waals surface area contributed by atoms with Gasteiger partial charge in [0.05, 0.1) is 23.7 Å². The van der Waals surface area contributed by atoms with E-state index in [1.54, 1.807) is 6.07 Å². The summed E-state index contributed by atoms with van der Waals surface area (Å²) < 4.78 is 16.8. The molecule has 0 unspecified atom stereocenters. The van der Waals surface area contributed by atoms with Crippen molar-refractivity contribution in [2.24, 2.45) is 5.41 Å². The number of likely N-dealkylation sites (tertiary alicyclic amines) is 1. The highest BCUT2D eigenvalue weighted by Crippen LogP contribution is 2.40. The number of amides is 1. The molecule has 1 aromatic heterocycles. The average Bonchev–Trinajstić information content (AvgIpc) is 3.01. The van der Waals surface area contributed by atoms with Crippen molar-refractivity contribution in [3.63, 3.8) is 0 Å². The minimum Gasteiger partial charge on any atom is -0.466 e. The predicted molar refractivity (Wildman–Crippen MR) is 101 cm³/mol. The predicted octanol–water partition coefficient (Wildman–Crippen LogP) is 3.64. The van der Waals surface area contributed by atoms with Crippen LogP contribution in [0.4, 0.5) is 0 Å². The summed E-state index contributed by atoms with van der Waals surface area (Å²) in [6.45, 7) is 7.74. The van der Waals surface area contributed by atoms with Crippen LogP contribution in [0.15, 0.2) is 10.5 Å². The molecule has 27 heavy (non-hydrogen) atoms. The number of ether oxygens (including phenoxy) is 2. The standard InChI is InChI=1S/C21H31NO5/c1-4-25-20(24)21(14-17-7-5-6-12-26-17)8-10-22(11-9-21)19(23)18-13-15(2)27-16(18)3/h13,17H,4-12,14H2,1-3H3/t17-/m1/s1. The molecule has 3 rings (SSSR count). The summed E-state index contributed by atoms with van der Waals surface area (Å²) >= 11 is 0. The summed E-state index contributed by atoms with van der Waals surface area (Å²) in [5, 5.41) is 0. The second-order valence-electron chi connectivity index (χ2n) is 7.81. The van der Waals surface area contributed by atoms with E-state index in [0.717, 1.165) is 31.6 Å². The number of hydrogen-bond acceptors (Lipinski definition) is 5. The van der Waals surface area contributed by atoms with Crippen LogP contribution >= 0.6 is 0 Å². The van der Waals surface area contributed by atoms with Crippen molar-refractivity contribution in [2.45, 2.75) is 65.4 Å². The van der Waals surface area contributed by atoms with Gasteiger partial charge in [0.15, 0.2) is 0 Å². The molecule has 3 heterocycles. The lowest BCUT2D eigenvalue weighted by molar-refractivity contribution is -0.162. The quantitative estimate of drug-likeness (QED) is 0.733. The van der Waals surface area contributed by atoms with Gasteiger partial charge in [0.2, 0.25) is 0 Å². The molecule has 1 amide bonds. The molecule has 1 aromatic rings. The van der Waals surface area contributed by atoms with E-state index in [1.165, 1.54) is 0 Å². The van der Waals surface area contributed by atoms with Gasteiger partial charge in [-0.3, -0.25) is 9.59 Å². The number of carbonyl (C=O) groups excluding carboxylic acids is 2. The molecule has 0 saturated carbocycles. The molecule has 0 N–H and O–H groups in total. The van der Waals surface area contributed by atoms with Gasteiger partial charge in [-0.15, -0.1) is 0 Å². The molecule has 0 bridgehead atoms. The summed E-state index contributed by atoms with van der Waals surface area (Å²) in [5.41, 5.74) is 0.0719. The summed E-state index contributed by atoms with van der Waals surface area (Å²) in [6, 6.07) is 1.79. The highest BCUT2D eigenvalue weighted by molar-refractivity contribution is 5.95. The molecular formula is C21H31NO5. The number of hydrogen-bond donors (Lipinski definition) is 0. The lowest BCUT2D eigenvalue weighted by Gasteiger charge is -2.42. The molecule has 150 valence electrons. The lowest BCUT2D eigenvalue weighted by atomic mass is 9.73. The first-order valence-electron chi connectivity index (χ1n) is 10.1. The Morgan fingerprint density at radius 2 is 2.00 bits per heavy atom. The Balaban J connectivity index is 1.69. The molecule has 0 spiro atoms. The monoisotopic (exact) mass is 377 g/mol. The molecule has 0 radical (unpaired) electrons. The number of furan rings is 1. The van der Waals surface area contributed by atoms with Crippen LogP contribution in [0.3, 0.4) is 0 Å². The van der Waals surface area contributed by atoms with Gasteiger partial charge in [0, 0.05) is 19.7 Å². The number of esters is 1. The summed E-state index contributed by atoms with van der Waals surface area (Å²) in [6.07, 6.45) is 5.28. The number of rotatable bonds is 5. The molecule has 2 fully saturated rings. The van der Waals surface area contributed by atoms with E-state index in [9.17, 15) is 9.59 Å². The minimum absolute atomic E-state index is 0.0178. The van der Waals surface area contributed by atoms with Gasteiger partial charge in [-0.2, -0.15) is 0 Å². The van der Waals surface area contributed by atoms with Gasteiger partial charge in [-0.1, -0.05) is 0 Å². The molecule has 1 atom stereocenters. The summed E-state index contributed by atoms with van der Waals surface area (Å²) in [5.74, 6) is 1.23. The average molecular weight is 377 g/mol. The molecule has 6 nitrogen and oxygen atoms in total. The maximum Gasteiger partial charge on any atom is 0.312 e. The van der Waals surface area contributed by atoms with Crippen LogP contribution in [0.1, 0.15) is 67.3 Å². The van der Waals surface area contributed by atoms with Gasteiger partial charge in [0.1, 0.15) is 11.5 Å². The fraction of sp³-hybridized carbons (Fsp3) is 0.714. The van der Waals surface area contributed by atoms with Crippen LogP contribution in [-0.2, 0) is 14.3 Å². The van der Waals surface area contributed by atoms with Gasteiger partial charge >= 0.3 is 5.97 Å². The highest BCUT2D eigenvalue weighted by Gasteiger charge is 2.45. The zero-order valence-corrected chi connectivity index (χ0v) is 16.7. The van der Waals surface area contributed by atoms with E-state index >= 15 is 0 Å². The van der Waals surface area contributed by atoms with Crippen molar-refractivity contribution in [3.05, 3.63) is 23.2 Å². The molecule has 6 heteroatoms. The van der Waals surface area contributed by atoms with Gasteiger partial charge in [-0.25, -0.2) is 0 Å². The van der Waals surface area contributed by atoms with Crippen molar-refractivity contribution in [1.82, 2.24) is 4.90 Å². The maximum absolute atomic E-state index is 12.9. The van der Waals surface area contributed by atoms with Crippen molar-refractivity contribution in [3.8, 4) is 0 Å². The zero-order valence-electron chi connectivity index (χ0n) is 16.7. The van der Waals surface area contributed by atoms with E-state index < -0.39 is 5.41 Å². The second-order valence-corrected chi connectivity index (χ2v) is 7.81. The van der Waals surface area contributed by atoms with Crippen LogP contribution in [0, 0.1) is 19.3 Å². The largest absolute Gasteiger partial charge is 0.466 e. The number of aryl methyl sites for hydroxylation is 2. The second kappa shape index (κ2) is 8.46. The molecular weight excluding hydrogens is 346 g/mol. The van der Waals surface area contributed by atoms with Gasteiger partial charge in [-0.05, 0) is 65.4 Å². The Hall–Kier alpha value is -1.82. The van der Waals surface area contributed by atoms with E-state index in [1.807, 2.05) is 25.7 Å². The van der Waals surface area contributed by atoms with E-state index in [0.29, 0.717) is 50.3 Å². The van der Waals surface area contributed by atoms with E-state index in [-0.39, 0.29) is 18.0 Å². The molecule has 2 saturated heterocycles. The van der Waals surface area contributed by atoms with Crippen molar-refractivity contribution < 1.29 is 23.5 Å². The fourth-order valence-corrected chi connectivity index (χ4v) is 4.33. The maximum atomic E-state index is 12.9. The zero-order chi connectivity index (χ0) is 19.4. The molecule has 0 aliphatic carbocycles. The van der Waals surface area contributed by atoms with Crippen LogP contribution in [0.5, 0.6) is 0 Å². The third kappa shape index (κ3) is 4.37. The Morgan fingerprint density at radius 3 is 2.56 bits per heavy atom. The molecule has 2 aliphatic rings. The third-order valence-corrected chi connectivity index (χ3v) is 5.88. The summed E-state index contributed by atoms with van der Waals surface area (Å²) in [4.78, 5) is 27.5. The molecule has 0 aromatic carbocycles. The first-order valence-corrected chi connectivity index (χ1v) is 10.1. The molecule has 2 aliphatic heterocycles. The van der Waals surface area contributed by atoms with Crippen LogP contribution in [-0.4, -0.2) is 49.2 Å². The van der Waals surface area contributed by atoms with Crippen molar-refractivity contribution in [2.75, 3.05) is 26.3 Å². The highest BCUT2D eigenvalue weighted by atomic mass is 16.5. The number of carbonyl (C=O) groups is 2. The van der Waals surface area contributed by atoms with Crippen LogP contribution in [0.2, 0.25) is 0 Å². The smallest absolute Gasteiger partial charge is 0.312 e.